The van der Waals surface area contributed by atoms with E-state index in [0.717, 1.165) is 0 Å². The molecule has 2 aromatic heterocycles. The molecule has 0 aliphatic heterocycles. The first-order valence-electron chi connectivity index (χ1n) is 6.65. The summed E-state index contributed by atoms with van der Waals surface area (Å²) in [6, 6.07) is 8.72. The summed E-state index contributed by atoms with van der Waals surface area (Å²) in [5.74, 6) is -0.408. The summed E-state index contributed by atoms with van der Waals surface area (Å²) < 4.78 is 6.80. The van der Waals surface area contributed by atoms with Gasteiger partial charge in [-0.1, -0.05) is 12.1 Å². The molecule has 0 spiro atoms. The molecular weight excluding hydrogens is 298 g/mol. The monoisotopic (exact) mass is 311 g/mol. The van der Waals surface area contributed by atoms with Gasteiger partial charge in [0.2, 0.25) is 11.9 Å². The largest absolute Gasteiger partial charge is 0.454 e. The highest BCUT2D eigenvalue weighted by molar-refractivity contribution is 5.93. The van der Waals surface area contributed by atoms with Crippen LogP contribution < -0.4 is 11.5 Å². The maximum Gasteiger partial charge on any atom is 0.340 e. The third kappa shape index (κ3) is 3.23. The Morgan fingerprint density at radius 2 is 1.83 bits per heavy atom. The third-order valence-corrected chi connectivity index (χ3v) is 2.92. The molecule has 0 radical (unpaired) electrons. The van der Waals surface area contributed by atoms with Gasteiger partial charge < -0.3 is 16.2 Å². The second-order valence-corrected chi connectivity index (χ2v) is 4.51. The average molecular weight is 311 g/mol. The van der Waals surface area contributed by atoms with Crippen LogP contribution in [-0.2, 0) is 11.3 Å². The fourth-order valence-electron chi connectivity index (χ4n) is 1.99. The molecule has 0 saturated heterocycles. The van der Waals surface area contributed by atoms with E-state index >= 15 is 0 Å². The third-order valence-electron chi connectivity index (χ3n) is 2.92. The Bertz CT molecular complexity index is 813. The summed E-state index contributed by atoms with van der Waals surface area (Å²) in [6.07, 6.45) is 3.36. The average Bonchev–Trinajstić information content (AvgIpc) is 3.06. The molecule has 23 heavy (non-hydrogen) atoms. The van der Waals surface area contributed by atoms with Crippen molar-refractivity contribution in [3.63, 3.8) is 0 Å². The number of nitrogens with zero attached hydrogens (tertiary/aromatic N) is 5. The van der Waals surface area contributed by atoms with Crippen LogP contribution >= 0.6 is 0 Å². The molecule has 2 heterocycles. The van der Waals surface area contributed by atoms with Crippen LogP contribution in [0.15, 0.2) is 42.7 Å². The number of nitrogens with two attached hydrogens (primary N) is 2. The predicted molar refractivity (Wildman–Crippen MR) is 81.3 cm³/mol. The fourth-order valence-corrected chi connectivity index (χ4v) is 1.99. The topological polar surface area (TPSA) is 135 Å². The molecule has 0 bridgehead atoms. The number of rotatable bonds is 4. The smallest absolute Gasteiger partial charge is 0.340 e. The minimum Gasteiger partial charge on any atom is -0.454 e. The van der Waals surface area contributed by atoms with Crippen LogP contribution in [0.3, 0.4) is 0 Å². The van der Waals surface area contributed by atoms with Crippen LogP contribution in [0.4, 0.5) is 11.9 Å². The van der Waals surface area contributed by atoms with E-state index < -0.39 is 5.97 Å². The minimum atomic E-state index is -0.534. The zero-order valence-corrected chi connectivity index (χ0v) is 12.0. The summed E-state index contributed by atoms with van der Waals surface area (Å²) in [6.45, 7) is -0.163. The van der Waals surface area contributed by atoms with Gasteiger partial charge in [-0.2, -0.15) is 20.1 Å². The summed E-state index contributed by atoms with van der Waals surface area (Å²) in [5.41, 5.74) is 11.9. The number of nitrogen functional groups attached to an aromatic ring is 2. The molecule has 4 N–H and O–H groups in total. The first-order valence-corrected chi connectivity index (χ1v) is 6.65. The van der Waals surface area contributed by atoms with E-state index in [9.17, 15) is 4.79 Å². The molecule has 9 nitrogen and oxygen atoms in total. The van der Waals surface area contributed by atoms with E-state index in [0.29, 0.717) is 11.3 Å². The van der Waals surface area contributed by atoms with Gasteiger partial charge in [0.25, 0.3) is 0 Å². The van der Waals surface area contributed by atoms with E-state index in [1.165, 1.54) is 0 Å². The number of hydrogen-bond donors (Lipinski definition) is 2. The van der Waals surface area contributed by atoms with Crippen molar-refractivity contribution in [2.75, 3.05) is 11.5 Å². The molecule has 0 aliphatic rings. The van der Waals surface area contributed by atoms with Crippen molar-refractivity contribution in [2.24, 2.45) is 0 Å². The Hall–Kier alpha value is -3.49. The molecule has 9 heteroatoms. The van der Waals surface area contributed by atoms with Crippen LogP contribution in [0.2, 0.25) is 0 Å². The Morgan fingerprint density at radius 1 is 1.09 bits per heavy atom. The second-order valence-electron chi connectivity index (χ2n) is 4.51. The maximum atomic E-state index is 12.3. The zero-order valence-electron chi connectivity index (χ0n) is 12.0. The summed E-state index contributed by atoms with van der Waals surface area (Å²) in [5, 5.41) is 4.11. The summed E-state index contributed by atoms with van der Waals surface area (Å²) in [4.78, 5) is 23.7. The van der Waals surface area contributed by atoms with Crippen molar-refractivity contribution in [2.45, 2.75) is 6.61 Å². The van der Waals surface area contributed by atoms with E-state index in [1.54, 1.807) is 47.4 Å². The highest BCUT2D eigenvalue weighted by Crippen LogP contribution is 2.15. The lowest BCUT2D eigenvalue weighted by Gasteiger charge is -2.09. The molecule has 3 aromatic rings. The molecular formula is C14H13N7O2. The van der Waals surface area contributed by atoms with Gasteiger partial charge in [-0.25, -0.2) is 9.48 Å². The molecule has 0 unspecified atom stereocenters. The Labute approximate surface area is 130 Å². The van der Waals surface area contributed by atoms with Gasteiger partial charge in [-0.05, 0) is 18.2 Å². The molecule has 3 rings (SSSR count). The summed E-state index contributed by atoms with van der Waals surface area (Å²) in [7, 11) is 0. The Kier molecular flexibility index (Phi) is 3.83. The van der Waals surface area contributed by atoms with Gasteiger partial charge in [0.05, 0.1) is 11.3 Å². The van der Waals surface area contributed by atoms with Crippen molar-refractivity contribution in [1.29, 1.82) is 0 Å². The number of hydrogen-bond acceptors (Lipinski definition) is 8. The van der Waals surface area contributed by atoms with Gasteiger partial charge >= 0.3 is 5.97 Å². The number of para-hydroxylation sites is 1. The van der Waals surface area contributed by atoms with E-state index in [2.05, 4.69) is 20.1 Å². The highest BCUT2D eigenvalue weighted by atomic mass is 16.5. The lowest BCUT2D eigenvalue weighted by Crippen LogP contribution is -2.13. The van der Waals surface area contributed by atoms with E-state index in [-0.39, 0.29) is 24.3 Å². The first-order chi connectivity index (χ1) is 11.1. The van der Waals surface area contributed by atoms with Crippen LogP contribution in [0, 0.1) is 0 Å². The van der Waals surface area contributed by atoms with E-state index in [4.69, 9.17) is 16.2 Å². The van der Waals surface area contributed by atoms with Crippen molar-refractivity contribution in [1.82, 2.24) is 24.7 Å². The highest BCUT2D eigenvalue weighted by Gasteiger charge is 2.15. The first kappa shape index (κ1) is 14.4. The standard InChI is InChI=1S/C14H13N7O2/c15-13-18-11(19-14(16)20-13)8-23-12(22)9-4-1-2-5-10(9)21-7-3-6-17-21/h1-7H,8H2,(H4,15,16,18,19,20). The molecule has 116 valence electrons. The zero-order chi connectivity index (χ0) is 16.2. The van der Waals surface area contributed by atoms with Crippen molar-refractivity contribution in [3.05, 3.63) is 54.1 Å². The van der Waals surface area contributed by atoms with Gasteiger partial charge in [0.1, 0.15) is 0 Å². The number of carbonyl (C=O) groups excluding carboxylic acids is 1. The normalized spacial score (nSPS) is 10.4. The number of benzene rings is 1. The molecule has 0 fully saturated rings. The Balaban J connectivity index is 1.79. The van der Waals surface area contributed by atoms with Crippen LogP contribution in [0.25, 0.3) is 5.69 Å². The minimum absolute atomic E-state index is 0.0273. The van der Waals surface area contributed by atoms with E-state index in [1.807, 2.05) is 0 Å². The van der Waals surface area contributed by atoms with Gasteiger partial charge in [0.15, 0.2) is 12.4 Å². The number of ether oxygens (including phenoxy) is 1. The Morgan fingerprint density at radius 3 is 2.52 bits per heavy atom. The molecule has 0 saturated carbocycles. The quantitative estimate of drug-likeness (QED) is 0.668. The van der Waals surface area contributed by atoms with Crippen LogP contribution in [-0.4, -0.2) is 30.7 Å². The van der Waals surface area contributed by atoms with Gasteiger partial charge in [-0.3, -0.25) is 0 Å². The fraction of sp³-hybridized carbons (Fsp3) is 0.0714. The van der Waals surface area contributed by atoms with Crippen molar-refractivity contribution >= 4 is 17.9 Å². The molecule has 0 amide bonds. The number of esters is 1. The van der Waals surface area contributed by atoms with Crippen LogP contribution in [0.1, 0.15) is 16.2 Å². The second kappa shape index (κ2) is 6.10. The SMILES string of the molecule is Nc1nc(N)nc(COC(=O)c2ccccc2-n2cccn2)n1. The summed E-state index contributed by atoms with van der Waals surface area (Å²) >= 11 is 0. The van der Waals surface area contributed by atoms with Crippen molar-refractivity contribution in [3.8, 4) is 5.69 Å². The van der Waals surface area contributed by atoms with Crippen molar-refractivity contribution < 1.29 is 9.53 Å². The molecule has 0 atom stereocenters. The number of anilines is 2. The maximum absolute atomic E-state index is 12.3. The lowest BCUT2D eigenvalue weighted by atomic mass is 10.2. The number of carbonyl (C=O) groups is 1. The van der Waals surface area contributed by atoms with Gasteiger partial charge in [-0.15, -0.1) is 0 Å². The molecule has 1 aromatic carbocycles. The predicted octanol–water partition coefficient (Wildman–Crippen LogP) is 0.579. The van der Waals surface area contributed by atoms with Crippen LogP contribution in [0.5, 0.6) is 0 Å². The molecule has 0 aliphatic carbocycles. The lowest BCUT2D eigenvalue weighted by molar-refractivity contribution is 0.0462. The number of aromatic nitrogens is 5. The van der Waals surface area contributed by atoms with Gasteiger partial charge in [0, 0.05) is 12.4 Å².